The number of phenolic OH excluding ortho intramolecular Hbond substituents is 2. The highest BCUT2D eigenvalue weighted by atomic mass is 127. The van der Waals surface area contributed by atoms with Crippen molar-refractivity contribution < 1.29 is 82.1 Å². The number of unbranched alkanes of at least 4 members (excludes halogenated alkanes) is 3. The molecule has 6 N–H and O–H groups in total. The van der Waals surface area contributed by atoms with Crippen LogP contribution in [0.2, 0.25) is 0 Å². The first-order valence-electron chi connectivity index (χ1n) is 27.7. The predicted molar refractivity (Wildman–Crippen MR) is 291 cm³/mol. The number of nitrogens with zero attached hydrogens (tertiary/aromatic N) is 3. The Kier molecular flexibility index (Phi) is 17.7. The van der Waals surface area contributed by atoms with Crippen LogP contribution in [-0.4, -0.2) is 189 Å². The molecule has 24 heteroatoms. The predicted octanol–water partition coefficient (Wildman–Crippen LogP) is 2.66. The van der Waals surface area contributed by atoms with E-state index in [9.17, 15) is 53.7 Å². The fraction of sp³-hybridized carbons (Fsp3) is 0.643. The van der Waals surface area contributed by atoms with Gasteiger partial charge in [-0.15, -0.1) is 0 Å². The van der Waals surface area contributed by atoms with Gasteiger partial charge >= 0.3 is 0 Å². The molecule has 5 fully saturated rings. The summed E-state index contributed by atoms with van der Waals surface area (Å²) in [5.74, 6) is -6.68. The second-order valence-corrected chi connectivity index (χ2v) is 25.0. The average Bonchev–Trinajstić information content (AvgIpc) is 3.95. The zero-order valence-electron chi connectivity index (χ0n) is 46.2. The Morgan fingerprint density at radius 1 is 0.963 bits per heavy atom. The number of halogens is 1. The number of imide groups is 1. The Morgan fingerprint density at radius 3 is 2.41 bits per heavy atom. The number of benzene rings is 2. The number of alkyl halides is 1. The van der Waals surface area contributed by atoms with Gasteiger partial charge in [0, 0.05) is 104 Å². The number of carbonyl (C=O) groups excluding carboxylic acids is 8. The molecule has 436 valence electrons. The van der Waals surface area contributed by atoms with Gasteiger partial charge in [-0.2, -0.15) is 0 Å². The molecule has 0 aromatic heterocycles. The van der Waals surface area contributed by atoms with Crippen molar-refractivity contribution in [3.63, 3.8) is 0 Å². The maximum Gasteiger partial charge on any atom is 0.252 e. The van der Waals surface area contributed by atoms with Gasteiger partial charge in [-0.25, -0.2) is 0 Å². The highest BCUT2D eigenvalue weighted by Gasteiger charge is 2.56. The Bertz CT molecular complexity index is 2810. The Labute approximate surface area is 477 Å². The quantitative estimate of drug-likeness (QED) is 0.0312. The van der Waals surface area contributed by atoms with Crippen LogP contribution < -0.4 is 20.7 Å². The lowest BCUT2D eigenvalue weighted by Gasteiger charge is -2.44. The summed E-state index contributed by atoms with van der Waals surface area (Å²) in [5.41, 5.74) is -3.74. The summed E-state index contributed by atoms with van der Waals surface area (Å²) in [5, 5.41) is 44.7. The van der Waals surface area contributed by atoms with E-state index in [4.69, 9.17) is 28.4 Å². The first-order chi connectivity index (χ1) is 38.0. The van der Waals surface area contributed by atoms with E-state index in [2.05, 4.69) is 50.4 Å². The van der Waals surface area contributed by atoms with Gasteiger partial charge in [-0.05, 0) is 40.2 Å². The average molecular weight is 1230 g/mol. The van der Waals surface area contributed by atoms with Crippen LogP contribution in [0.3, 0.4) is 0 Å². The molecule has 2 aromatic rings. The number of rotatable bonds is 20. The third kappa shape index (κ3) is 11.3. The number of morpholine rings is 1. The minimum Gasteiger partial charge on any atom is -0.507 e. The molecule has 5 heterocycles. The van der Waals surface area contributed by atoms with Crippen LogP contribution >= 0.6 is 22.6 Å². The first-order valence-corrected chi connectivity index (χ1v) is 28.8. The number of hydrogen-bond acceptors (Lipinski definition) is 18. The van der Waals surface area contributed by atoms with Crippen LogP contribution in [0.4, 0.5) is 0 Å². The summed E-state index contributed by atoms with van der Waals surface area (Å²) < 4.78 is 35.7. The molecule has 80 heavy (non-hydrogen) atoms. The first kappa shape index (κ1) is 59.3. The largest absolute Gasteiger partial charge is 0.507 e. The van der Waals surface area contributed by atoms with Gasteiger partial charge in [0.15, 0.2) is 24.6 Å². The van der Waals surface area contributed by atoms with Crippen molar-refractivity contribution in [3.05, 3.63) is 51.6 Å². The fourth-order valence-corrected chi connectivity index (χ4v) is 13.4. The molecule has 0 radical (unpaired) electrons. The van der Waals surface area contributed by atoms with E-state index in [-0.39, 0.29) is 97.2 Å². The third-order valence-corrected chi connectivity index (χ3v) is 18.3. The highest BCUT2D eigenvalue weighted by molar-refractivity contribution is 14.1. The van der Waals surface area contributed by atoms with Crippen LogP contribution in [-0.2, 0) is 58.9 Å². The van der Waals surface area contributed by atoms with Gasteiger partial charge in [0.25, 0.3) is 5.91 Å². The van der Waals surface area contributed by atoms with Gasteiger partial charge in [0.05, 0.1) is 48.5 Å². The number of ketones is 2. The van der Waals surface area contributed by atoms with E-state index in [1.165, 1.54) is 51.2 Å². The molecule has 0 bridgehead atoms. The molecule has 9 rings (SSSR count). The van der Waals surface area contributed by atoms with Crippen LogP contribution in [0.5, 0.6) is 17.2 Å². The van der Waals surface area contributed by atoms with Gasteiger partial charge in [0.2, 0.25) is 35.3 Å². The molecule has 2 aromatic carbocycles. The molecule has 23 nitrogen and oxygen atoms in total. The van der Waals surface area contributed by atoms with E-state index in [0.717, 1.165) is 37.0 Å². The zero-order chi connectivity index (χ0) is 57.7. The summed E-state index contributed by atoms with van der Waals surface area (Å²) in [6.07, 6.45) is -0.464. The number of aromatic hydroxyl groups is 2. The number of aliphatic hydroxyl groups is 1. The van der Waals surface area contributed by atoms with Gasteiger partial charge in [-0.3, -0.25) is 48.2 Å². The molecular weight excluding hydrogens is 1160 g/mol. The van der Waals surface area contributed by atoms with Crippen molar-refractivity contribution in [2.24, 2.45) is 11.8 Å². The minimum absolute atomic E-state index is 0.00134. The van der Waals surface area contributed by atoms with E-state index < -0.39 is 135 Å². The monoisotopic (exact) mass is 1230 g/mol. The second-order valence-electron chi connectivity index (χ2n) is 22.5. The normalized spacial score (nSPS) is 28.8. The summed E-state index contributed by atoms with van der Waals surface area (Å²) in [4.78, 5) is 113. The lowest BCUT2D eigenvalue weighted by molar-refractivity contribution is -0.256. The summed E-state index contributed by atoms with van der Waals surface area (Å²) in [7, 11) is 2.86. The Morgan fingerprint density at radius 2 is 1.70 bits per heavy atom. The zero-order valence-corrected chi connectivity index (χ0v) is 48.3. The number of ether oxygens (including phenoxy) is 6. The van der Waals surface area contributed by atoms with Crippen LogP contribution in [0, 0.1) is 11.8 Å². The number of phenols is 2. The lowest BCUT2D eigenvalue weighted by atomic mass is 9.72. The summed E-state index contributed by atoms with van der Waals surface area (Å²) in [6, 6.07) is 2.12. The van der Waals surface area contributed by atoms with Gasteiger partial charge in [0.1, 0.15) is 41.0 Å². The number of methoxy groups -OCH3 is 2. The SMILES string of the molecule is CCCCCCC(C)(I)C1CC(=O)N(CCC(=O)N[C@@H](C)C(=O)N[C@@H](C)C(=O)N2CC(CNC(=O)[C@]3(O)Cc4c(O)c5c(c(O)c4[C@@H](O[C@H]4C[C@H]6[C@H](O[C@@H]7[C@@H](OC)OCCN76)[C@H](C)O4)C3)C(=O)c3c(OC)cccc3C5=O)C2)C1=O. The van der Waals surface area contributed by atoms with E-state index in [0.29, 0.717) is 13.2 Å². The number of likely N-dealkylation sites (tertiary alicyclic amines) is 2. The van der Waals surface area contributed by atoms with Crippen molar-refractivity contribution >= 4 is 69.6 Å². The molecule has 12 atom stereocenters. The highest BCUT2D eigenvalue weighted by Crippen LogP contribution is 2.53. The Hall–Kier alpha value is -5.35. The summed E-state index contributed by atoms with van der Waals surface area (Å²) in [6.45, 7) is 10.1. The van der Waals surface area contributed by atoms with Crippen molar-refractivity contribution in [1.82, 2.24) is 30.7 Å². The molecule has 5 aliphatic heterocycles. The van der Waals surface area contributed by atoms with Crippen LogP contribution in [0.15, 0.2) is 18.2 Å². The van der Waals surface area contributed by atoms with E-state index in [1.54, 1.807) is 0 Å². The van der Waals surface area contributed by atoms with E-state index >= 15 is 0 Å². The van der Waals surface area contributed by atoms with Crippen molar-refractivity contribution in [2.45, 2.75) is 163 Å². The molecule has 5 saturated heterocycles. The lowest BCUT2D eigenvalue weighted by Crippen LogP contribution is -2.60. The maximum atomic E-state index is 14.3. The number of carbonyl (C=O) groups is 8. The number of amides is 6. The van der Waals surface area contributed by atoms with E-state index in [1.807, 2.05) is 13.8 Å². The molecule has 0 saturated carbocycles. The van der Waals surface area contributed by atoms with Gasteiger partial charge < -0.3 is 64.6 Å². The molecular formula is C56H73IN6O17. The molecule has 0 spiro atoms. The fourth-order valence-electron chi connectivity index (χ4n) is 12.5. The third-order valence-electron chi connectivity index (χ3n) is 17.0. The van der Waals surface area contributed by atoms with Crippen LogP contribution in [0.1, 0.15) is 141 Å². The number of hydrogen-bond donors (Lipinski definition) is 6. The topological polar surface area (TPSA) is 298 Å². The van der Waals surface area contributed by atoms with Crippen molar-refractivity contribution in [1.29, 1.82) is 0 Å². The van der Waals surface area contributed by atoms with Crippen LogP contribution in [0.25, 0.3) is 0 Å². The second kappa shape index (κ2) is 23.9. The van der Waals surface area contributed by atoms with Gasteiger partial charge in [-0.1, -0.05) is 67.3 Å². The molecule has 2 unspecified atom stereocenters. The number of fused-ring (bicyclic) bond motifs is 6. The summed E-state index contributed by atoms with van der Waals surface area (Å²) >= 11 is 2.27. The number of nitrogens with one attached hydrogen (secondary N) is 3. The van der Waals surface area contributed by atoms with Crippen molar-refractivity contribution in [3.8, 4) is 17.2 Å². The smallest absolute Gasteiger partial charge is 0.252 e. The molecule has 7 aliphatic rings. The molecule has 6 amide bonds. The standard InChI is InChI=1S/C56H73IN6O17/c1-8-9-10-11-16-55(5,57)33-20-38(65)63(51(33)72)17-15-37(64)59-27(2)49(70)60-28(3)50(71)61-25-30(26-61)24-58-54(73)56(74)22-32-41(47(69)43-42(45(32)67)44(66)31-13-12-14-35(75-6)40(31)46(43)68)36(23-56)79-39-21-34-48(29(4)78-39)80-52-53(76-7)77-19-18-62(34)52/h12-14,27-30,33-34,36,39,48,52-53,67,69,74H,8-11,15-26H2,1-7H3,(H,58,73)(H,59,64)(H,60,70)/t27-,28-,29-,33?,34-,36-,39-,48+,52+,53-,55?,56-/m0/s1. The van der Waals surface area contributed by atoms with Crippen molar-refractivity contribution in [2.75, 3.05) is 53.6 Å². The maximum absolute atomic E-state index is 14.3. The minimum atomic E-state index is -2.32. The Balaban J connectivity index is 0.816. The molecule has 2 aliphatic carbocycles.